The summed E-state index contributed by atoms with van der Waals surface area (Å²) >= 11 is 0.537. The summed E-state index contributed by atoms with van der Waals surface area (Å²) < 4.78 is 8.51. The molecule has 0 aromatic rings. The molecule has 0 aliphatic rings. The third kappa shape index (κ3) is 17.6. The molecular formula is C15H31NO4S. The van der Waals surface area contributed by atoms with Gasteiger partial charge in [-0.05, 0) is 12.8 Å². The predicted molar refractivity (Wildman–Crippen MR) is 86.7 cm³/mol. The van der Waals surface area contributed by atoms with Crippen molar-refractivity contribution in [1.29, 1.82) is 0 Å². The Kier molecular flexibility index (Phi) is 17.5. The second-order valence-electron chi connectivity index (χ2n) is 5.25. The van der Waals surface area contributed by atoms with Crippen molar-refractivity contribution in [1.82, 2.24) is 5.32 Å². The molecule has 0 unspecified atom stereocenters. The van der Waals surface area contributed by atoms with E-state index in [4.69, 9.17) is 9.44 Å². The second kappa shape index (κ2) is 17.8. The van der Waals surface area contributed by atoms with Crippen LogP contribution >= 0.6 is 12.3 Å². The van der Waals surface area contributed by atoms with E-state index in [9.17, 15) is 4.79 Å². The smallest absolute Gasteiger partial charge is 0.219 e. The molecule has 5 nitrogen and oxygen atoms in total. The zero-order chi connectivity index (χ0) is 15.6. The molecule has 0 heterocycles. The van der Waals surface area contributed by atoms with Gasteiger partial charge in [-0.15, -0.1) is 4.33 Å². The van der Waals surface area contributed by atoms with Crippen LogP contribution in [-0.2, 0) is 13.3 Å². The van der Waals surface area contributed by atoms with Crippen LogP contribution in [0.5, 0.6) is 0 Å². The number of hydrogen-bond donors (Lipinski definition) is 2. The molecule has 1 amide bonds. The normalized spacial score (nSPS) is 10.8. The lowest BCUT2D eigenvalue weighted by Crippen LogP contribution is -2.24. The maximum Gasteiger partial charge on any atom is 0.219 e. The van der Waals surface area contributed by atoms with E-state index in [2.05, 4.69) is 16.6 Å². The molecule has 0 aliphatic heterocycles. The molecule has 0 aromatic heterocycles. The highest BCUT2D eigenvalue weighted by atomic mass is 32.2. The van der Waals surface area contributed by atoms with Gasteiger partial charge in [-0.1, -0.05) is 58.3 Å². The van der Waals surface area contributed by atoms with Crippen LogP contribution in [0, 0.1) is 0 Å². The molecule has 0 radical (unpaired) electrons. The summed E-state index contributed by atoms with van der Waals surface area (Å²) in [4.78, 5) is 11.5. The van der Waals surface area contributed by atoms with Crippen LogP contribution in [0.25, 0.3) is 0 Å². The molecule has 0 fully saturated rings. The third-order valence-electron chi connectivity index (χ3n) is 3.31. The maximum atomic E-state index is 11.5. The number of hydrogen-bond acceptors (Lipinski definition) is 5. The molecule has 0 rings (SSSR count). The van der Waals surface area contributed by atoms with Gasteiger partial charge in [-0.3, -0.25) is 8.98 Å². The average molecular weight is 321 g/mol. The Hall–Kier alpha value is -0.300. The van der Waals surface area contributed by atoms with Gasteiger partial charge >= 0.3 is 0 Å². The van der Waals surface area contributed by atoms with E-state index in [1.807, 2.05) is 0 Å². The Bertz CT molecular complexity index is 230. The zero-order valence-electron chi connectivity index (χ0n) is 13.3. The molecule has 2 N–H and O–H groups in total. The zero-order valence-corrected chi connectivity index (χ0v) is 14.1. The van der Waals surface area contributed by atoms with E-state index < -0.39 is 0 Å². The van der Waals surface area contributed by atoms with Crippen LogP contribution in [0.1, 0.15) is 77.6 Å². The minimum absolute atomic E-state index is 0.115. The fraction of sp³-hybridized carbons (Fsp3) is 0.933. The largest absolute Gasteiger partial charge is 0.356 e. The van der Waals surface area contributed by atoms with Gasteiger partial charge in [0.2, 0.25) is 5.91 Å². The molecule has 126 valence electrons. The van der Waals surface area contributed by atoms with Gasteiger partial charge in [-0.2, -0.15) is 0 Å². The number of rotatable bonds is 16. The summed E-state index contributed by atoms with van der Waals surface area (Å²) in [6.45, 7) is 3.27. The predicted octanol–water partition coefficient (Wildman–Crippen LogP) is 4.48. The summed E-state index contributed by atoms with van der Waals surface area (Å²) in [6.07, 6.45) is 12.7. The van der Waals surface area contributed by atoms with E-state index in [0.29, 0.717) is 38.3 Å². The molecule has 0 bridgehead atoms. The van der Waals surface area contributed by atoms with Gasteiger partial charge in [0.25, 0.3) is 0 Å². The number of unbranched alkanes of at least 4 members (excludes halogenated alkanes) is 8. The first-order valence-corrected chi connectivity index (χ1v) is 8.84. The Balaban J connectivity index is 3.12. The number of carbonyl (C=O) groups excluding carboxylic acids is 1. The minimum atomic E-state index is 0.115. The summed E-state index contributed by atoms with van der Waals surface area (Å²) in [6, 6.07) is 0. The summed E-state index contributed by atoms with van der Waals surface area (Å²) in [5, 5.41) is 10.8. The standard InChI is InChI=1S/C15H31NO4S/c1-2-3-4-5-6-7-8-9-10-12-15(17)16-13-11-14-19-21-20-18/h18H,2-14H2,1H3,(H,16,17). The van der Waals surface area contributed by atoms with Crippen molar-refractivity contribution in [3.8, 4) is 0 Å². The molecule has 0 saturated carbocycles. The number of carbonyl (C=O) groups is 1. The quantitative estimate of drug-likeness (QED) is 0.190. The summed E-state index contributed by atoms with van der Waals surface area (Å²) in [5.41, 5.74) is 0. The lowest BCUT2D eigenvalue weighted by molar-refractivity contribution is -0.124. The van der Waals surface area contributed by atoms with Crippen LogP contribution in [-0.4, -0.2) is 24.3 Å². The van der Waals surface area contributed by atoms with Gasteiger partial charge in [0.1, 0.15) is 0 Å². The molecular weight excluding hydrogens is 290 g/mol. The Morgan fingerprint density at radius 2 is 1.62 bits per heavy atom. The van der Waals surface area contributed by atoms with Crippen LogP contribution in [0.15, 0.2) is 0 Å². The molecule has 6 heteroatoms. The lowest BCUT2D eigenvalue weighted by Gasteiger charge is -2.05. The fourth-order valence-electron chi connectivity index (χ4n) is 2.10. The fourth-order valence-corrected chi connectivity index (χ4v) is 2.33. The van der Waals surface area contributed by atoms with E-state index in [1.54, 1.807) is 0 Å². The first-order chi connectivity index (χ1) is 10.3. The monoisotopic (exact) mass is 321 g/mol. The number of amides is 1. The van der Waals surface area contributed by atoms with Gasteiger partial charge in [0.15, 0.2) is 12.3 Å². The first-order valence-electron chi connectivity index (χ1n) is 8.17. The van der Waals surface area contributed by atoms with Crippen LogP contribution in [0.3, 0.4) is 0 Å². The SMILES string of the molecule is CCCCCCCCCCCC(=O)NCCCOSOO. The van der Waals surface area contributed by atoms with Gasteiger partial charge in [0.05, 0.1) is 6.61 Å². The van der Waals surface area contributed by atoms with Gasteiger partial charge in [0, 0.05) is 13.0 Å². The van der Waals surface area contributed by atoms with E-state index in [-0.39, 0.29) is 5.91 Å². The average Bonchev–Trinajstić information content (AvgIpc) is 2.49. The molecule has 0 spiro atoms. The Morgan fingerprint density at radius 1 is 1.00 bits per heavy atom. The Morgan fingerprint density at radius 3 is 2.24 bits per heavy atom. The van der Waals surface area contributed by atoms with E-state index >= 15 is 0 Å². The highest BCUT2D eigenvalue weighted by Crippen LogP contribution is 2.10. The molecule has 0 atom stereocenters. The summed E-state index contributed by atoms with van der Waals surface area (Å²) in [7, 11) is 0. The van der Waals surface area contributed by atoms with E-state index in [1.165, 1.54) is 44.9 Å². The van der Waals surface area contributed by atoms with E-state index in [0.717, 1.165) is 12.8 Å². The minimum Gasteiger partial charge on any atom is -0.356 e. The molecule has 0 saturated heterocycles. The van der Waals surface area contributed by atoms with Crippen molar-refractivity contribution in [2.75, 3.05) is 13.2 Å². The first kappa shape index (κ1) is 20.7. The summed E-state index contributed by atoms with van der Waals surface area (Å²) in [5.74, 6) is 0.115. The molecule has 0 aliphatic carbocycles. The highest BCUT2D eigenvalue weighted by molar-refractivity contribution is 7.89. The van der Waals surface area contributed by atoms with Crippen LogP contribution in [0.2, 0.25) is 0 Å². The van der Waals surface area contributed by atoms with Crippen molar-refractivity contribution >= 4 is 18.2 Å². The van der Waals surface area contributed by atoms with Crippen LogP contribution in [0.4, 0.5) is 0 Å². The van der Waals surface area contributed by atoms with Crippen molar-refractivity contribution < 1.29 is 18.6 Å². The third-order valence-corrected chi connectivity index (χ3v) is 3.64. The van der Waals surface area contributed by atoms with Crippen molar-refractivity contribution in [2.45, 2.75) is 77.6 Å². The van der Waals surface area contributed by atoms with Gasteiger partial charge < -0.3 is 5.32 Å². The second-order valence-corrected chi connectivity index (χ2v) is 5.77. The Labute approximate surface area is 133 Å². The maximum absolute atomic E-state index is 11.5. The van der Waals surface area contributed by atoms with Gasteiger partial charge in [-0.25, -0.2) is 5.26 Å². The van der Waals surface area contributed by atoms with Crippen molar-refractivity contribution in [3.05, 3.63) is 0 Å². The van der Waals surface area contributed by atoms with Crippen molar-refractivity contribution in [3.63, 3.8) is 0 Å². The lowest BCUT2D eigenvalue weighted by atomic mass is 10.1. The topological polar surface area (TPSA) is 67.8 Å². The molecule has 0 aromatic carbocycles. The van der Waals surface area contributed by atoms with Crippen molar-refractivity contribution in [2.24, 2.45) is 0 Å². The number of nitrogens with one attached hydrogen (secondary N) is 1. The molecule has 21 heavy (non-hydrogen) atoms. The highest BCUT2D eigenvalue weighted by Gasteiger charge is 2.00. The van der Waals surface area contributed by atoms with Crippen LogP contribution < -0.4 is 5.32 Å².